The number of hydrogen-bond acceptors (Lipinski definition) is 9. The first-order valence-electron chi connectivity index (χ1n) is 21.4. The van der Waals surface area contributed by atoms with Gasteiger partial charge in [-0.15, -0.1) is 9.73 Å². The summed E-state index contributed by atoms with van der Waals surface area (Å²) in [6, 6.07) is 30.2. The van der Waals surface area contributed by atoms with Gasteiger partial charge in [0.2, 0.25) is 5.91 Å². The zero-order chi connectivity index (χ0) is 42.3. The van der Waals surface area contributed by atoms with Gasteiger partial charge in [-0.2, -0.15) is 5.10 Å². The number of carbonyl (C=O) groups is 2. The maximum absolute atomic E-state index is 13.8. The van der Waals surface area contributed by atoms with Gasteiger partial charge in [0.25, 0.3) is 0 Å². The zero-order valence-corrected chi connectivity index (χ0v) is 35.6. The number of aromatic nitrogens is 4. The molecule has 0 aliphatic heterocycles. The van der Waals surface area contributed by atoms with Crippen LogP contribution in [0.3, 0.4) is 0 Å². The molecule has 7 rings (SSSR count). The van der Waals surface area contributed by atoms with Gasteiger partial charge in [-0.05, 0) is 104 Å². The van der Waals surface area contributed by atoms with Crippen LogP contribution in [0.15, 0.2) is 91.0 Å². The van der Waals surface area contributed by atoms with Crippen LogP contribution in [-0.4, -0.2) is 62.6 Å². The van der Waals surface area contributed by atoms with Crippen LogP contribution in [0.2, 0.25) is 0 Å². The summed E-state index contributed by atoms with van der Waals surface area (Å²) >= 11 is 0. The fourth-order valence-electron chi connectivity index (χ4n) is 8.69. The summed E-state index contributed by atoms with van der Waals surface area (Å²) in [5, 5.41) is 23.5. The smallest absolute Gasteiger partial charge is 0.411 e. The lowest BCUT2D eigenvalue weighted by Crippen LogP contribution is -2.35. The molecule has 60 heavy (non-hydrogen) atoms. The first-order chi connectivity index (χ1) is 29.2. The predicted molar refractivity (Wildman–Crippen MR) is 239 cm³/mol. The monoisotopic (exact) mass is 811 g/mol. The van der Waals surface area contributed by atoms with Gasteiger partial charge in [0.05, 0.1) is 12.3 Å². The van der Waals surface area contributed by atoms with Crippen molar-refractivity contribution in [3.63, 3.8) is 0 Å². The number of hydrogen-bond donors (Lipinski definition) is 2. The molecule has 0 radical (unpaired) electrons. The third-order valence-corrected chi connectivity index (χ3v) is 11.7. The summed E-state index contributed by atoms with van der Waals surface area (Å²) in [6.07, 6.45) is 5.60. The van der Waals surface area contributed by atoms with Crippen molar-refractivity contribution < 1.29 is 24.5 Å². The van der Waals surface area contributed by atoms with E-state index in [0.717, 1.165) is 71.5 Å². The number of benzene rings is 4. The molecular weight excluding hydrogens is 755 g/mol. The quantitative estimate of drug-likeness (QED) is 0.0377. The SMILES string of the molecule is CCCCCCCCOC(=O)Nc1ccc(-c2nn3nc(C)c(N(c4ccc(N(CC)CC)cc4C)C(CC4c5ccccc5-c5ccccc54)OO)c3n2C(C)=O)cc1. The summed E-state index contributed by atoms with van der Waals surface area (Å²) in [4.78, 5) is 36.2. The molecule has 12 nitrogen and oxygen atoms in total. The van der Waals surface area contributed by atoms with E-state index in [2.05, 4.69) is 79.5 Å². The molecule has 0 fully saturated rings. The molecule has 2 heterocycles. The molecule has 12 heteroatoms. The van der Waals surface area contributed by atoms with Crippen molar-refractivity contribution in [3.05, 3.63) is 113 Å². The maximum atomic E-state index is 13.8. The first kappa shape index (κ1) is 42.2. The highest BCUT2D eigenvalue weighted by Gasteiger charge is 2.37. The van der Waals surface area contributed by atoms with Gasteiger partial charge in [-0.25, -0.2) is 19.5 Å². The number of nitrogens with one attached hydrogen (secondary N) is 1. The first-order valence-corrected chi connectivity index (χ1v) is 21.4. The largest absolute Gasteiger partial charge is 0.449 e. The molecule has 6 aromatic rings. The fraction of sp³-hybridized carbons (Fsp3) is 0.375. The van der Waals surface area contributed by atoms with Crippen molar-refractivity contribution in [1.29, 1.82) is 0 Å². The van der Waals surface area contributed by atoms with Crippen LogP contribution < -0.4 is 15.1 Å². The molecular formula is C48H57N7O5. The Hall–Kier alpha value is -5.98. The molecule has 0 bridgehead atoms. The summed E-state index contributed by atoms with van der Waals surface area (Å²) in [5.41, 5.74) is 10.3. The number of amides is 1. The second-order valence-corrected chi connectivity index (χ2v) is 15.6. The molecule has 4 aromatic carbocycles. The summed E-state index contributed by atoms with van der Waals surface area (Å²) in [6.45, 7) is 14.0. The zero-order valence-electron chi connectivity index (χ0n) is 35.6. The molecule has 2 aromatic heterocycles. The third kappa shape index (κ3) is 8.53. The molecule has 1 aliphatic carbocycles. The van der Waals surface area contributed by atoms with Crippen LogP contribution in [-0.2, 0) is 9.62 Å². The van der Waals surface area contributed by atoms with Crippen molar-refractivity contribution in [2.45, 2.75) is 98.6 Å². The van der Waals surface area contributed by atoms with E-state index >= 15 is 0 Å². The normalized spacial score (nSPS) is 12.7. The van der Waals surface area contributed by atoms with E-state index in [1.165, 1.54) is 30.8 Å². The van der Waals surface area contributed by atoms with Crippen LogP contribution >= 0.6 is 0 Å². The molecule has 1 aliphatic rings. The maximum Gasteiger partial charge on any atom is 0.411 e. The van der Waals surface area contributed by atoms with Gasteiger partial charge in [-0.1, -0.05) is 87.6 Å². The van der Waals surface area contributed by atoms with E-state index in [-0.39, 0.29) is 11.8 Å². The Balaban J connectivity index is 1.26. The highest BCUT2D eigenvalue weighted by molar-refractivity contribution is 5.93. The average Bonchev–Trinajstić information content (AvgIpc) is 3.88. The van der Waals surface area contributed by atoms with Crippen LogP contribution in [0.25, 0.3) is 28.2 Å². The minimum Gasteiger partial charge on any atom is -0.449 e. The Kier molecular flexibility index (Phi) is 13.3. The molecule has 1 atom stereocenters. The van der Waals surface area contributed by atoms with Crippen molar-refractivity contribution in [2.75, 3.05) is 34.8 Å². The number of rotatable bonds is 18. The second-order valence-electron chi connectivity index (χ2n) is 15.6. The molecule has 0 saturated heterocycles. The lowest BCUT2D eigenvalue weighted by atomic mass is 9.92. The number of aryl methyl sites for hydroxylation is 2. The third-order valence-electron chi connectivity index (χ3n) is 11.7. The second kappa shape index (κ2) is 18.9. The van der Waals surface area contributed by atoms with Gasteiger partial charge >= 0.3 is 6.09 Å². The van der Waals surface area contributed by atoms with Crippen LogP contribution in [0, 0.1) is 13.8 Å². The Labute approximate surface area is 352 Å². The highest BCUT2D eigenvalue weighted by atomic mass is 17.1. The Morgan fingerprint density at radius 1 is 0.833 bits per heavy atom. The summed E-state index contributed by atoms with van der Waals surface area (Å²) < 4.78 is 8.45. The molecule has 1 amide bonds. The summed E-state index contributed by atoms with van der Waals surface area (Å²) in [7, 11) is 0. The summed E-state index contributed by atoms with van der Waals surface area (Å²) in [5.74, 6) is 0.00631. The van der Waals surface area contributed by atoms with E-state index in [1.807, 2.05) is 36.9 Å². The van der Waals surface area contributed by atoms with E-state index in [1.54, 1.807) is 28.8 Å². The van der Waals surface area contributed by atoms with Crippen molar-refractivity contribution in [2.24, 2.45) is 0 Å². The molecule has 0 saturated carbocycles. The standard InChI is InChI=1S/C48H57N7O5/c1-7-10-11-12-13-18-29-59-48(57)49-36-25-23-35(24-26-36)46-51-55-47(53(46)34(6)56)45(33(5)50-55)54(43-28-27-37(30-32(43)4)52(8-2)9-3)44(60-58)31-42-40-21-16-14-19-38(40)39-20-15-17-22-41(39)42/h14-17,19-28,30,42,44,58H,7-13,18,29,31H2,1-6H3,(H,49,57). The Morgan fingerprint density at radius 2 is 1.48 bits per heavy atom. The molecule has 0 spiro atoms. The minimum atomic E-state index is -0.913. The lowest BCUT2D eigenvalue weighted by Gasteiger charge is -2.34. The topological polar surface area (TPSA) is 126 Å². The molecule has 314 valence electrons. The predicted octanol–water partition coefficient (Wildman–Crippen LogP) is 11.4. The number of nitrogens with zero attached hydrogens (tertiary/aromatic N) is 6. The Bertz CT molecular complexity index is 2390. The minimum absolute atomic E-state index is 0.0908. The number of unbranched alkanes of at least 4 members (excludes halogenated alkanes) is 5. The van der Waals surface area contributed by atoms with Gasteiger partial charge in [0.15, 0.2) is 17.7 Å². The number of ether oxygens (including phenoxy) is 1. The van der Waals surface area contributed by atoms with Crippen molar-refractivity contribution >= 4 is 40.4 Å². The number of fused-ring (bicyclic) bond motifs is 4. The van der Waals surface area contributed by atoms with E-state index in [0.29, 0.717) is 47.1 Å². The van der Waals surface area contributed by atoms with Gasteiger partial charge in [-0.3, -0.25) is 10.1 Å². The van der Waals surface area contributed by atoms with Gasteiger partial charge in [0, 0.05) is 55.0 Å². The van der Waals surface area contributed by atoms with Crippen LogP contribution in [0.4, 0.5) is 27.5 Å². The highest BCUT2D eigenvalue weighted by Crippen LogP contribution is 2.49. The number of carbonyl (C=O) groups excluding carboxylic acids is 2. The Morgan fingerprint density at radius 3 is 2.10 bits per heavy atom. The van der Waals surface area contributed by atoms with Gasteiger partial charge < -0.3 is 14.5 Å². The fourth-order valence-corrected chi connectivity index (χ4v) is 8.69. The number of anilines is 4. The lowest BCUT2D eigenvalue weighted by molar-refractivity contribution is -0.277. The van der Waals surface area contributed by atoms with E-state index in [4.69, 9.17) is 19.8 Å². The van der Waals surface area contributed by atoms with Crippen molar-refractivity contribution in [3.8, 4) is 22.5 Å². The van der Waals surface area contributed by atoms with E-state index < -0.39 is 12.3 Å². The van der Waals surface area contributed by atoms with Crippen molar-refractivity contribution in [1.82, 2.24) is 19.4 Å². The van der Waals surface area contributed by atoms with E-state index in [9.17, 15) is 14.8 Å². The van der Waals surface area contributed by atoms with Crippen LogP contribution in [0.5, 0.6) is 0 Å². The average molecular weight is 812 g/mol. The van der Waals surface area contributed by atoms with Crippen LogP contribution in [0.1, 0.15) is 106 Å². The molecule has 2 N–H and O–H groups in total. The van der Waals surface area contributed by atoms with Gasteiger partial charge in [0.1, 0.15) is 5.69 Å². The molecule has 1 unspecified atom stereocenters.